The van der Waals surface area contributed by atoms with Gasteiger partial charge in [-0.2, -0.15) is 0 Å². The van der Waals surface area contributed by atoms with E-state index in [2.05, 4.69) is 258 Å². The van der Waals surface area contributed by atoms with Crippen molar-refractivity contribution in [1.82, 2.24) is 0 Å². The van der Waals surface area contributed by atoms with Crippen molar-refractivity contribution >= 4 is 54.6 Å². The summed E-state index contributed by atoms with van der Waals surface area (Å²) in [5.74, 6) is 0.518. The van der Waals surface area contributed by atoms with Crippen LogP contribution >= 0.6 is 0 Å². The van der Waals surface area contributed by atoms with Crippen molar-refractivity contribution in [2.45, 2.75) is 93.9 Å². The molecule has 2 aromatic heterocycles. The first-order valence-corrected chi connectivity index (χ1v) is 28.4. The zero-order chi connectivity index (χ0) is 56.1. The fourth-order valence-electron chi connectivity index (χ4n) is 11.8. The molecule has 0 amide bonds. The number of rotatable bonds is 4. The zero-order valence-electron chi connectivity index (χ0n) is 48.5. The molecule has 0 saturated heterocycles. The summed E-state index contributed by atoms with van der Waals surface area (Å²) in [6.45, 7) is 24.3. The second-order valence-corrected chi connectivity index (χ2v) is 22.4. The van der Waals surface area contributed by atoms with Crippen molar-refractivity contribution < 1.29 is 8.83 Å². The number of aryl methyl sites for hydroxylation is 7. The molecule has 0 saturated carbocycles. The van der Waals surface area contributed by atoms with Gasteiger partial charge in [0.15, 0.2) is 0 Å². The molecule has 0 aliphatic heterocycles. The van der Waals surface area contributed by atoms with Crippen LogP contribution in [0.15, 0.2) is 239 Å². The molecule has 80 heavy (non-hydrogen) atoms. The van der Waals surface area contributed by atoms with Crippen molar-refractivity contribution in [1.29, 1.82) is 0 Å². The molecule has 2 heteroatoms. The van der Waals surface area contributed by atoms with Crippen LogP contribution in [0.2, 0.25) is 0 Å². The zero-order valence-corrected chi connectivity index (χ0v) is 48.5. The molecule has 0 spiro atoms. The van der Waals surface area contributed by atoms with E-state index in [0.717, 1.165) is 28.8 Å². The summed E-state index contributed by atoms with van der Waals surface area (Å²) in [7, 11) is 0. The standard InChI is InChI=1S/C21H20.C15H14O.C14H12O.2C14H14/c1-13-9-10-17-18(11-13)21(3,4)19-12-14(2)15-7-5-6-8-16(15)20(17)19;1-10(2)11-7-5-9-14-15(11)12-6-3-4-8-13(12)16-14;1-2-10-6-5-9-13-14(10)11-7-3-4-8-12(11)15-13;2*1-11-8-9-14(12(2)10-11)13-6-4-3-5-7-13/h5-12H,1-4H3;3-10H,1-2H3;3-9H,2H2,1H3;2*3-10H,1-2H3. The molecular formula is C78H74O2. The smallest absolute Gasteiger partial charge is 0.135 e. The van der Waals surface area contributed by atoms with E-state index in [4.69, 9.17) is 8.83 Å². The maximum Gasteiger partial charge on any atom is 0.135 e. The van der Waals surface area contributed by atoms with Crippen LogP contribution in [0, 0.1) is 41.5 Å². The van der Waals surface area contributed by atoms with E-state index in [-0.39, 0.29) is 5.41 Å². The maximum absolute atomic E-state index is 5.84. The molecule has 398 valence electrons. The predicted molar refractivity (Wildman–Crippen MR) is 345 cm³/mol. The molecule has 0 atom stereocenters. The fraction of sp³-hybridized carbons (Fsp3) is 0.179. The number of hydrogen-bond donors (Lipinski definition) is 0. The van der Waals surface area contributed by atoms with Crippen LogP contribution in [-0.2, 0) is 11.8 Å². The highest BCUT2D eigenvalue weighted by molar-refractivity contribution is 6.08. The Balaban J connectivity index is 0.000000114. The molecule has 0 fully saturated rings. The summed E-state index contributed by atoms with van der Waals surface area (Å²) in [6, 6.07) is 81.3. The molecule has 0 radical (unpaired) electrons. The summed E-state index contributed by atoms with van der Waals surface area (Å²) < 4.78 is 11.6. The van der Waals surface area contributed by atoms with Crippen molar-refractivity contribution in [2.75, 3.05) is 0 Å². The molecule has 1 aliphatic carbocycles. The Morgan fingerprint density at radius 2 is 0.800 bits per heavy atom. The lowest BCUT2D eigenvalue weighted by Crippen LogP contribution is -2.15. The first-order valence-electron chi connectivity index (χ1n) is 28.4. The van der Waals surface area contributed by atoms with E-state index < -0.39 is 0 Å². The van der Waals surface area contributed by atoms with Crippen LogP contribution in [0.4, 0.5) is 0 Å². The maximum atomic E-state index is 5.84. The third kappa shape index (κ3) is 11.3. The van der Waals surface area contributed by atoms with Crippen LogP contribution in [-0.4, -0.2) is 0 Å². The van der Waals surface area contributed by atoms with E-state index in [1.54, 1.807) is 0 Å². The van der Waals surface area contributed by atoms with E-state index in [1.807, 2.05) is 48.5 Å². The summed E-state index contributed by atoms with van der Waals surface area (Å²) in [5, 5.41) is 7.76. The topological polar surface area (TPSA) is 26.3 Å². The van der Waals surface area contributed by atoms with Crippen LogP contribution in [0.5, 0.6) is 0 Å². The monoisotopic (exact) mass is 1040 g/mol. The number of furan rings is 2. The third-order valence-electron chi connectivity index (χ3n) is 15.9. The van der Waals surface area contributed by atoms with Gasteiger partial charge in [-0.3, -0.25) is 0 Å². The minimum absolute atomic E-state index is 0.0888. The van der Waals surface area contributed by atoms with Gasteiger partial charge in [0.2, 0.25) is 0 Å². The number of para-hydroxylation sites is 2. The average Bonchev–Trinajstić information content (AvgIpc) is 3.65. The SMILES string of the molecule is CC(C)c1cccc2oc3ccccc3c12.CCc1cccc2oc3ccccc3c12.Cc1ccc(-c2ccccc2)c(C)c1.Cc1ccc(-c2ccccc2)c(C)c1.Cc1ccc2c(c1)C(C)(C)c1cc(C)c3ccccc3c1-2. The lowest BCUT2D eigenvalue weighted by Gasteiger charge is -2.22. The Kier molecular flexibility index (Phi) is 16.2. The van der Waals surface area contributed by atoms with Crippen LogP contribution in [0.3, 0.4) is 0 Å². The van der Waals surface area contributed by atoms with Crippen LogP contribution in [0.25, 0.3) is 88.0 Å². The molecule has 0 N–H and O–H groups in total. The number of fused-ring (bicyclic) bond motifs is 11. The normalized spacial score (nSPS) is 11.9. The molecule has 1 aliphatic rings. The molecule has 11 aromatic carbocycles. The van der Waals surface area contributed by atoms with Gasteiger partial charge in [-0.15, -0.1) is 0 Å². The van der Waals surface area contributed by atoms with E-state index in [1.165, 1.54) is 121 Å². The fourth-order valence-corrected chi connectivity index (χ4v) is 11.8. The first-order chi connectivity index (χ1) is 38.7. The second kappa shape index (κ2) is 23.7. The summed E-state index contributed by atoms with van der Waals surface area (Å²) in [6.07, 6.45) is 1.04. The lowest BCUT2D eigenvalue weighted by molar-refractivity contribution is 0.659. The lowest BCUT2D eigenvalue weighted by atomic mass is 9.81. The molecule has 0 unspecified atom stereocenters. The highest BCUT2D eigenvalue weighted by atomic mass is 16.3. The van der Waals surface area contributed by atoms with Crippen molar-refractivity contribution in [3.63, 3.8) is 0 Å². The Morgan fingerprint density at radius 1 is 0.362 bits per heavy atom. The van der Waals surface area contributed by atoms with Crippen molar-refractivity contribution in [3.8, 4) is 33.4 Å². The van der Waals surface area contributed by atoms with Crippen molar-refractivity contribution in [2.24, 2.45) is 0 Å². The molecular weight excluding hydrogens is 969 g/mol. The predicted octanol–water partition coefficient (Wildman–Crippen LogP) is 22.6. The van der Waals surface area contributed by atoms with Gasteiger partial charge < -0.3 is 8.83 Å². The van der Waals surface area contributed by atoms with E-state index in [9.17, 15) is 0 Å². The van der Waals surface area contributed by atoms with Gasteiger partial charge in [-0.05, 0) is 161 Å². The molecule has 0 bridgehead atoms. The molecule has 2 heterocycles. The third-order valence-corrected chi connectivity index (χ3v) is 15.9. The average molecular weight is 1040 g/mol. The van der Waals surface area contributed by atoms with Gasteiger partial charge in [-0.1, -0.05) is 258 Å². The second-order valence-electron chi connectivity index (χ2n) is 22.4. The Morgan fingerprint density at radius 3 is 1.32 bits per heavy atom. The highest BCUT2D eigenvalue weighted by Gasteiger charge is 2.36. The number of hydrogen-bond acceptors (Lipinski definition) is 2. The Hall–Kier alpha value is -8.72. The molecule has 2 nitrogen and oxygen atoms in total. The minimum Gasteiger partial charge on any atom is -0.456 e. The number of benzene rings is 11. The van der Waals surface area contributed by atoms with Gasteiger partial charge in [0.25, 0.3) is 0 Å². The quantitative estimate of drug-likeness (QED) is 0.176. The van der Waals surface area contributed by atoms with Crippen LogP contribution in [0.1, 0.15) is 96.2 Å². The Bertz CT molecular complexity index is 4190. The largest absolute Gasteiger partial charge is 0.456 e. The van der Waals surface area contributed by atoms with Gasteiger partial charge in [-0.25, -0.2) is 0 Å². The molecule has 13 aromatic rings. The first kappa shape index (κ1) is 54.6. The minimum atomic E-state index is 0.0888. The van der Waals surface area contributed by atoms with Gasteiger partial charge in [0, 0.05) is 27.0 Å². The summed E-state index contributed by atoms with van der Waals surface area (Å²) in [4.78, 5) is 0. The van der Waals surface area contributed by atoms with Crippen LogP contribution < -0.4 is 0 Å². The van der Waals surface area contributed by atoms with Gasteiger partial charge >= 0.3 is 0 Å². The van der Waals surface area contributed by atoms with E-state index in [0.29, 0.717) is 5.92 Å². The van der Waals surface area contributed by atoms with E-state index >= 15 is 0 Å². The van der Waals surface area contributed by atoms with Crippen molar-refractivity contribution in [3.05, 3.63) is 286 Å². The Labute approximate surface area is 474 Å². The summed E-state index contributed by atoms with van der Waals surface area (Å²) in [5.41, 5.74) is 25.9. The highest BCUT2D eigenvalue weighted by Crippen LogP contribution is 2.52. The molecule has 14 rings (SSSR count). The van der Waals surface area contributed by atoms with Gasteiger partial charge in [0.05, 0.1) is 0 Å². The van der Waals surface area contributed by atoms with Gasteiger partial charge in [0.1, 0.15) is 22.3 Å². The summed E-state index contributed by atoms with van der Waals surface area (Å²) >= 11 is 0.